The average molecular weight is 218 g/mol. The maximum atomic E-state index is 3.49. The highest BCUT2D eigenvalue weighted by molar-refractivity contribution is 5.62. The van der Waals surface area contributed by atoms with Gasteiger partial charge in [-0.25, -0.2) is 0 Å². The van der Waals surface area contributed by atoms with Gasteiger partial charge in [-0.2, -0.15) is 0 Å². The molecule has 0 radical (unpaired) electrons. The van der Waals surface area contributed by atoms with Crippen LogP contribution in [-0.4, -0.2) is 13.1 Å². The number of anilines is 2. The quantitative estimate of drug-likeness (QED) is 0.794. The van der Waals surface area contributed by atoms with E-state index in [0.29, 0.717) is 5.41 Å². The van der Waals surface area contributed by atoms with Crippen molar-refractivity contribution in [3.63, 3.8) is 0 Å². The summed E-state index contributed by atoms with van der Waals surface area (Å²) in [7, 11) is 0. The molecule has 1 aromatic carbocycles. The minimum absolute atomic E-state index is 0.323. The molecular formula is C14H22N2. The van der Waals surface area contributed by atoms with Gasteiger partial charge in [-0.05, 0) is 36.0 Å². The van der Waals surface area contributed by atoms with E-state index < -0.39 is 0 Å². The van der Waals surface area contributed by atoms with E-state index in [1.165, 1.54) is 29.8 Å². The van der Waals surface area contributed by atoms with Crippen LogP contribution in [0.2, 0.25) is 0 Å². The first kappa shape index (κ1) is 11.3. The summed E-state index contributed by atoms with van der Waals surface area (Å²) in [5.41, 5.74) is 4.31. The molecule has 0 aromatic heterocycles. The van der Waals surface area contributed by atoms with Crippen LogP contribution in [0, 0.1) is 5.41 Å². The Balaban J connectivity index is 2.06. The highest BCUT2D eigenvalue weighted by atomic mass is 14.9. The highest BCUT2D eigenvalue weighted by Crippen LogP contribution is 2.26. The highest BCUT2D eigenvalue weighted by Gasteiger charge is 2.11. The van der Waals surface area contributed by atoms with Gasteiger partial charge in [0.25, 0.3) is 0 Å². The first-order valence-electron chi connectivity index (χ1n) is 6.15. The first-order chi connectivity index (χ1) is 7.54. The van der Waals surface area contributed by atoms with E-state index in [0.717, 1.165) is 13.1 Å². The van der Waals surface area contributed by atoms with Crippen LogP contribution in [0.15, 0.2) is 18.2 Å². The van der Waals surface area contributed by atoms with E-state index in [-0.39, 0.29) is 0 Å². The summed E-state index contributed by atoms with van der Waals surface area (Å²) in [6, 6.07) is 6.67. The van der Waals surface area contributed by atoms with Gasteiger partial charge in [0.2, 0.25) is 0 Å². The van der Waals surface area contributed by atoms with E-state index in [1.807, 2.05) is 0 Å². The van der Waals surface area contributed by atoms with Crippen LogP contribution >= 0.6 is 0 Å². The second-order valence-electron chi connectivity index (χ2n) is 5.82. The summed E-state index contributed by atoms with van der Waals surface area (Å²) in [6.45, 7) is 8.85. The molecule has 2 heteroatoms. The first-order valence-corrected chi connectivity index (χ1v) is 6.15. The van der Waals surface area contributed by atoms with E-state index in [1.54, 1.807) is 0 Å². The minimum Gasteiger partial charge on any atom is -0.385 e. The van der Waals surface area contributed by atoms with Crippen LogP contribution in [0.4, 0.5) is 11.4 Å². The predicted octanol–water partition coefficient (Wildman–Crippen LogP) is 3.50. The topological polar surface area (TPSA) is 24.1 Å². The predicted molar refractivity (Wildman–Crippen MR) is 71.2 cm³/mol. The monoisotopic (exact) mass is 218 g/mol. The van der Waals surface area contributed by atoms with Gasteiger partial charge in [0.15, 0.2) is 0 Å². The van der Waals surface area contributed by atoms with Crippen LogP contribution in [0.1, 0.15) is 32.8 Å². The fourth-order valence-electron chi connectivity index (χ4n) is 1.94. The van der Waals surface area contributed by atoms with E-state index >= 15 is 0 Å². The van der Waals surface area contributed by atoms with Gasteiger partial charge in [0.05, 0.1) is 0 Å². The lowest BCUT2D eigenvalue weighted by Gasteiger charge is -2.22. The Kier molecular flexibility index (Phi) is 3.08. The largest absolute Gasteiger partial charge is 0.385 e. The summed E-state index contributed by atoms with van der Waals surface area (Å²) < 4.78 is 0. The van der Waals surface area contributed by atoms with Crippen LogP contribution in [0.25, 0.3) is 0 Å². The van der Waals surface area contributed by atoms with Crippen molar-refractivity contribution < 1.29 is 0 Å². The molecule has 1 aromatic rings. The summed E-state index contributed by atoms with van der Waals surface area (Å²) in [4.78, 5) is 0. The number of hydrogen-bond acceptors (Lipinski definition) is 2. The van der Waals surface area contributed by atoms with Gasteiger partial charge in [-0.15, -0.1) is 0 Å². The SMILES string of the molecule is CC(C)(C)CNc1ccc2c(c1)NCCC2. The Morgan fingerprint density at radius 2 is 2.12 bits per heavy atom. The maximum Gasteiger partial charge on any atom is 0.0393 e. The van der Waals surface area contributed by atoms with Crippen molar-refractivity contribution in [2.24, 2.45) is 5.41 Å². The lowest BCUT2D eigenvalue weighted by molar-refractivity contribution is 0.443. The van der Waals surface area contributed by atoms with Crippen molar-refractivity contribution in [1.82, 2.24) is 0 Å². The second-order valence-corrected chi connectivity index (χ2v) is 5.82. The lowest BCUT2D eigenvalue weighted by atomic mass is 9.96. The molecule has 0 aliphatic carbocycles. The molecule has 16 heavy (non-hydrogen) atoms. The van der Waals surface area contributed by atoms with Crippen molar-refractivity contribution in [2.75, 3.05) is 23.7 Å². The molecule has 0 atom stereocenters. The lowest BCUT2D eigenvalue weighted by Crippen LogP contribution is -2.19. The maximum absolute atomic E-state index is 3.49. The molecule has 0 unspecified atom stereocenters. The number of benzene rings is 1. The number of fused-ring (bicyclic) bond motifs is 1. The summed E-state index contributed by atoms with van der Waals surface area (Å²) in [6.07, 6.45) is 2.46. The Labute approximate surface area is 98.4 Å². The van der Waals surface area contributed by atoms with E-state index in [4.69, 9.17) is 0 Å². The Morgan fingerprint density at radius 1 is 1.31 bits per heavy atom. The Hall–Kier alpha value is -1.18. The molecule has 1 aliphatic heterocycles. The zero-order valence-electron chi connectivity index (χ0n) is 10.6. The van der Waals surface area contributed by atoms with Crippen molar-refractivity contribution in [3.8, 4) is 0 Å². The Morgan fingerprint density at radius 3 is 2.88 bits per heavy atom. The fraction of sp³-hybridized carbons (Fsp3) is 0.571. The van der Waals surface area contributed by atoms with Crippen LogP contribution in [-0.2, 0) is 6.42 Å². The molecule has 1 aliphatic rings. The van der Waals surface area contributed by atoms with Gasteiger partial charge in [-0.3, -0.25) is 0 Å². The third kappa shape index (κ3) is 2.91. The number of aryl methyl sites for hydroxylation is 1. The van der Waals surface area contributed by atoms with Crippen LogP contribution in [0.5, 0.6) is 0 Å². The van der Waals surface area contributed by atoms with Gasteiger partial charge >= 0.3 is 0 Å². The standard InChI is InChI=1S/C14H22N2/c1-14(2,3)10-16-12-7-6-11-5-4-8-15-13(11)9-12/h6-7,9,15-16H,4-5,8,10H2,1-3H3. The molecule has 2 N–H and O–H groups in total. The Bertz CT molecular complexity index is 363. The fourth-order valence-corrected chi connectivity index (χ4v) is 1.94. The van der Waals surface area contributed by atoms with Crippen molar-refractivity contribution >= 4 is 11.4 Å². The normalized spacial score (nSPS) is 15.2. The third-order valence-electron chi connectivity index (χ3n) is 2.87. The smallest absolute Gasteiger partial charge is 0.0393 e. The third-order valence-corrected chi connectivity index (χ3v) is 2.87. The second kappa shape index (κ2) is 4.36. The molecule has 2 nitrogen and oxygen atoms in total. The molecule has 1 heterocycles. The summed E-state index contributed by atoms with van der Waals surface area (Å²) >= 11 is 0. The van der Waals surface area contributed by atoms with Crippen molar-refractivity contribution in [1.29, 1.82) is 0 Å². The van der Waals surface area contributed by atoms with Crippen molar-refractivity contribution in [2.45, 2.75) is 33.6 Å². The van der Waals surface area contributed by atoms with Gasteiger partial charge < -0.3 is 10.6 Å². The molecule has 0 bridgehead atoms. The number of nitrogens with one attached hydrogen (secondary N) is 2. The summed E-state index contributed by atoms with van der Waals surface area (Å²) in [5.74, 6) is 0. The molecule has 0 saturated carbocycles. The van der Waals surface area contributed by atoms with E-state index in [2.05, 4.69) is 49.6 Å². The summed E-state index contributed by atoms with van der Waals surface area (Å²) in [5, 5.41) is 6.95. The minimum atomic E-state index is 0.323. The van der Waals surface area contributed by atoms with Gasteiger partial charge in [-0.1, -0.05) is 26.8 Å². The van der Waals surface area contributed by atoms with Crippen LogP contribution < -0.4 is 10.6 Å². The molecule has 0 saturated heterocycles. The number of hydrogen-bond donors (Lipinski definition) is 2. The molecule has 0 amide bonds. The van der Waals surface area contributed by atoms with Crippen LogP contribution in [0.3, 0.4) is 0 Å². The molecule has 0 fully saturated rings. The van der Waals surface area contributed by atoms with Crippen molar-refractivity contribution in [3.05, 3.63) is 23.8 Å². The van der Waals surface area contributed by atoms with Gasteiger partial charge in [0.1, 0.15) is 0 Å². The zero-order chi connectivity index (χ0) is 11.6. The van der Waals surface area contributed by atoms with E-state index in [9.17, 15) is 0 Å². The molecule has 88 valence electrons. The van der Waals surface area contributed by atoms with Gasteiger partial charge in [0, 0.05) is 24.5 Å². The zero-order valence-corrected chi connectivity index (χ0v) is 10.6. The molecule has 0 spiro atoms. The molecule has 2 rings (SSSR count). The average Bonchev–Trinajstić information content (AvgIpc) is 2.25. The molecular weight excluding hydrogens is 196 g/mol. The number of rotatable bonds is 2.